The van der Waals surface area contributed by atoms with Crippen LogP contribution in [0.15, 0.2) is 52.4 Å². The normalized spacial score (nSPS) is 21.3. The molecule has 2 N–H and O–H groups in total. The summed E-state index contributed by atoms with van der Waals surface area (Å²) in [7, 11) is 0. The summed E-state index contributed by atoms with van der Waals surface area (Å²) in [5.74, 6) is -6.04. The van der Waals surface area contributed by atoms with Crippen molar-refractivity contribution in [3.8, 4) is 11.3 Å². The van der Waals surface area contributed by atoms with Crippen molar-refractivity contribution in [2.45, 2.75) is 48.6 Å². The lowest BCUT2D eigenvalue weighted by atomic mass is 9.95. The van der Waals surface area contributed by atoms with Gasteiger partial charge in [-0.05, 0) is 54.4 Å². The molecule has 2 aliphatic carbocycles. The van der Waals surface area contributed by atoms with Gasteiger partial charge >= 0.3 is 17.8 Å². The van der Waals surface area contributed by atoms with Crippen LogP contribution in [0.2, 0.25) is 0 Å². The number of imidazole rings is 1. The fourth-order valence-corrected chi connectivity index (χ4v) is 5.80. The zero-order valence-corrected chi connectivity index (χ0v) is 20.4. The molecular weight excluding hydrogens is 539 g/mol. The van der Waals surface area contributed by atoms with E-state index in [2.05, 4.69) is 20.1 Å². The average Bonchev–Trinajstić information content (AvgIpc) is 3.80. The first kappa shape index (κ1) is 24.7. The molecule has 1 aromatic carbocycles. The van der Waals surface area contributed by atoms with Gasteiger partial charge < -0.3 is 9.88 Å². The van der Waals surface area contributed by atoms with Gasteiger partial charge in [0.2, 0.25) is 5.91 Å². The number of aromatic amines is 2. The van der Waals surface area contributed by atoms with E-state index in [0.717, 1.165) is 5.56 Å². The zero-order valence-electron chi connectivity index (χ0n) is 20.4. The summed E-state index contributed by atoms with van der Waals surface area (Å²) >= 11 is 0. The largest absolute Gasteiger partial charge is 0.455 e. The molecule has 1 amide bonds. The molecule has 2 saturated carbocycles. The second-order valence-corrected chi connectivity index (χ2v) is 10.6. The van der Waals surface area contributed by atoms with Crippen LogP contribution in [0, 0.1) is 0 Å². The summed E-state index contributed by atoms with van der Waals surface area (Å²) in [5.41, 5.74) is 0.681. The lowest BCUT2D eigenvalue weighted by molar-refractivity contribution is -0.276. The van der Waals surface area contributed by atoms with Crippen molar-refractivity contribution in [2.75, 3.05) is 11.4 Å². The van der Waals surface area contributed by atoms with Crippen molar-refractivity contribution in [3.05, 3.63) is 80.4 Å². The van der Waals surface area contributed by atoms with Crippen LogP contribution in [0.5, 0.6) is 0 Å². The highest BCUT2D eigenvalue weighted by Gasteiger charge is 2.64. The molecule has 1 spiro atoms. The summed E-state index contributed by atoms with van der Waals surface area (Å²) in [5, 5.41) is 4.41. The Labute approximate surface area is 220 Å². The molecule has 2 atom stereocenters. The SMILES string of the molecule is O=C1N(CC(F)(F)C(F)(F)F)c2cc([C@H]3CC3c3cc(-c4c[nH]c(=O)[nH]c4=O)nn4ccnc34)ccc2C12CC2. The van der Waals surface area contributed by atoms with E-state index in [0.29, 0.717) is 46.6 Å². The van der Waals surface area contributed by atoms with E-state index in [9.17, 15) is 36.3 Å². The first-order chi connectivity index (χ1) is 18.9. The van der Waals surface area contributed by atoms with Gasteiger partial charge in [-0.2, -0.15) is 27.1 Å². The third kappa shape index (κ3) is 3.54. The number of halogens is 5. The number of benzene rings is 1. The van der Waals surface area contributed by atoms with Crippen molar-refractivity contribution < 1.29 is 26.7 Å². The van der Waals surface area contributed by atoms with Crippen molar-refractivity contribution in [3.63, 3.8) is 0 Å². The number of aromatic nitrogens is 5. The first-order valence-electron chi connectivity index (χ1n) is 12.5. The Morgan fingerprint density at radius 2 is 1.82 bits per heavy atom. The van der Waals surface area contributed by atoms with Gasteiger partial charge in [-0.1, -0.05) is 12.1 Å². The number of carbonyl (C=O) groups is 1. The third-order valence-corrected chi connectivity index (χ3v) is 8.11. The predicted octanol–water partition coefficient (Wildman–Crippen LogP) is 3.62. The van der Waals surface area contributed by atoms with Crippen molar-refractivity contribution >= 4 is 17.2 Å². The molecule has 206 valence electrons. The monoisotopic (exact) mass is 558 g/mol. The summed E-state index contributed by atoms with van der Waals surface area (Å²) in [6, 6.07) is 6.70. The van der Waals surface area contributed by atoms with Gasteiger partial charge in [-0.3, -0.25) is 14.6 Å². The minimum atomic E-state index is -5.78. The highest BCUT2D eigenvalue weighted by Crippen LogP contribution is 2.61. The van der Waals surface area contributed by atoms with Gasteiger partial charge in [0.1, 0.15) is 0 Å². The smallest absolute Gasteiger partial charge is 0.313 e. The molecule has 1 aliphatic heterocycles. The Hall–Kier alpha value is -4.36. The third-order valence-electron chi connectivity index (χ3n) is 8.11. The molecule has 4 heterocycles. The van der Waals surface area contributed by atoms with Crippen molar-refractivity contribution in [1.29, 1.82) is 0 Å². The maximum absolute atomic E-state index is 14.0. The van der Waals surface area contributed by atoms with Gasteiger partial charge in [0.15, 0.2) is 5.65 Å². The van der Waals surface area contributed by atoms with E-state index in [1.807, 2.05) is 0 Å². The molecule has 0 bridgehead atoms. The molecule has 3 aromatic heterocycles. The van der Waals surface area contributed by atoms with Gasteiger partial charge in [0.05, 0.1) is 23.2 Å². The molecule has 40 heavy (non-hydrogen) atoms. The van der Waals surface area contributed by atoms with E-state index in [-0.39, 0.29) is 23.1 Å². The molecule has 14 heteroatoms. The van der Waals surface area contributed by atoms with Gasteiger partial charge in [-0.25, -0.2) is 14.3 Å². The summed E-state index contributed by atoms with van der Waals surface area (Å²) in [6.45, 7) is -1.77. The predicted molar refractivity (Wildman–Crippen MR) is 130 cm³/mol. The fourth-order valence-electron chi connectivity index (χ4n) is 5.80. The molecule has 7 rings (SSSR count). The van der Waals surface area contributed by atoms with E-state index in [1.165, 1.54) is 10.7 Å². The lowest BCUT2D eigenvalue weighted by Crippen LogP contribution is -2.49. The molecule has 4 aromatic rings. The van der Waals surface area contributed by atoms with E-state index in [1.54, 1.807) is 36.7 Å². The van der Waals surface area contributed by atoms with Crippen LogP contribution in [0.25, 0.3) is 16.9 Å². The minimum absolute atomic E-state index is 0.0933. The van der Waals surface area contributed by atoms with Crippen LogP contribution >= 0.6 is 0 Å². The molecule has 0 radical (unpaired) electrons. The van der Waals surface area contributed by atoms with Crippen molar-refractivity contribution in [1.82, 2.24) is 24.6 Å². The lowest BCUT2D eigenvalue weighted by Gasteiger charge is -2.26. The fraction of sp³-hybridized carbons (Fsp3) is 0.346. The maximum atomic E-state index is 14.0. The van der Waals surface area contributed by atoms with E-state index < -0.39 is 41.2 Å². The molecule has 3 aliphatic rings. The number of rotatable bonds is 5. The molecule has 9 nitrogen and oxygen atoms in total. The Bertz CT molecular complexity index is 1840. The number of fused-ring (bicyclic) bond motifs is 3. The maximum Gasteiger partial charge on any atom is 0.455 e. The number of carbonyl (C=O) groups excluding carboxylic acids is 1. The molecule has 0 saturated heterocycles. The zero-order chi connectivity index (χ0) is 28.2. The molecule has 2 fully saturated rings. The highest BCUT2D eigenvalue weighted by atomic mass is 19.4. The van der Waals surface area contributed by atoms with Crippen LogP contribution in [0.4, 0.5) is 27.6 Å². The van der Waals surface area contributed by atoms with Crippen LogP contribution in [-0.4, -0.2) is 49.1 Å². The highest BCUT2D eigenvalue weighted by molar-refractivity contribution is 6.10. The quantitative estimate of drug-likeness (QED) is 0.363. The molecular formula is C26H19F5N6O3. The Balaban J connectivity index is 1.25. The second kappa shape index (κ2) is 7.86. The number of alkyl halides is 5. The Morgan fingerprint density at radius 1 is 1.05 bits per heavy atom. The number of nitrogens with one attached hydrogen (secondary N) is 2. The van der Waals surface area contributed by atoms with Crippen LogP contribution in [0.3, 0.4) is 0 Å². The van der Waals surface area contributed by atoms with Crippen LogP contribution in [0.1, 0.15) is 47.8 Å². The topological polar surface area (TPSA) is 116 Å². The van der Waals surface area contributed by atoms with Gasteiger partial charge in [-0.15, -0.1) is 0 Å². The summed E-state index contributed by atoms with van der Waals surface area (Å²) in [6.07, 6.45) is 0.0442. The average molecular weight is 558 g/mol. The molecule has 1 unspecified atom stereocenters. The standard InChI is InChI=1S/C26H19F5N6O3/c27-25(28,26(29,30)31)11-36-19-7-12(1-2-17(19)24(3-4-24)22(36)39)13-8-14(13)15-9-18(35-37-6-5-32-20(15)37)16-10-33-23(40)34-21(16)38/h1-2,5-7,9-10,13-14H,3-4,8,11H2,(H2,33,34,38,40)/t13-,14?/m1/s1. The van der Waals surface area contributed by atoms with Gasteiger partial charge in [0.25, 0.3) is 5.56 Å². The number of H-pyrrole nitrogens is 2. The minimum Gasteiger partial charge on any atom is -0.313 e. The number of hydrogen-bond donors (Lipinski definition) is 2. The van der Waals surface area contributed by atoms with Crippen LogP contribution < -0.4 is 16.1 Å². The number of anilines is 1. The van der Waals surface area contributed by atoms with Crippen LogP contribution in [-0.2, 0) is 10.2 Å². The summed E-state index contributed by atoms with van der Waals surface area (Å²) in [4.78, 5) is 46.4. The van der Waals surface area contributed by atoms with Gasteiger partial charge in [0, 0.05) is 29.8 Å². The van der Waals surface area contributed by atoms with E-state index >= 15 is 0 Å². The number of amides is 1. The Kier molecular flexibility index (Phi) is 4.84. The second-order valence-electron chi connectivity index (χ2n) is 10.6. The first-order valence-corrected chi connectivity index (χ1v) is 12.5. The van der Waals surface area contributed by atoms with Crippen molar-refractivity contribution in [2.24, 2.45) is 0 Å². The Morgan fingerprint density at radius 3 is 2.52 bits per heavy atom. The number of nitrogens with zero attached hydrogens (tertiary/aromatic N) is 4. The van der Waals surface area contributed by atoms with E-state index in [4.69, 9.17) is 0 Å². The summed E-state index contributed by atoms with van der Waals surface area (Å²) < 4.78 is 68.6. The number of hydrogen-bond acceptors (Lipinski definition) is 5.